The van der Waals surface area contributed by atoms with Crippen molar-refractivity contribution in [3.05, 3.63) is 47.8 Å². The van der Waals surface area contributed by atoms with Gasteiger partial charge in [0.15, 0.2) is 11.4 Å². The standard InChI is InChI=1S/C15H19N3O3/c1-17(2)8-9-18-14(15(19)20)13(10-16-18)21-11-12-6-4-3-5-7-12/h3-7,10H,8-9,11H2,1-2H3,(H,19,20). The van der Waals surface area contributed by atoms with Gasteiger partial charge in [0.2, 0.25) is 0 Å². The fourth-order valence-electron chi connectivity index (χ4n) is 1.89. The van der Waals surface area contributed by atoms with E-state index < -0.39 is 5.97 Å². The predicted molar refractivity (Wildman–Crippen MR) is 78.5 cm³/mol. The number of benzene rings is 1. The maximum atomic E-state index is 11.4. The predicted octanol–water partition coefficient (Wildman–Crippen LogP) is 1.72. The van der Waals surface area contributed by atoms with Gasteiger partial charge in [0.25, 0.3) is 0 Å². The van der Waals surface area contributed by atoms with E-state index in [9.17, 15) is 9.90 Å². The van der Waals surface area contributed by atoms with Gasteiger partial charge in [-0.1, -0.05) is 30.3 Å². The molecular weight excluding hydrogens is 270 g/mol. The summed E-state index contributed by atoms with van der Waals surface area (Å²) in [6.07, 6.45) is 1.46. The fraction of sp³-hybridized carbons (Fsp3) is 0.333. The monoisotopic (exact) mass is 289 g/mol. The van der Waals surface area contributed by atoms with Gasteiger partial charge in [0.05, 0.1) is 12.7 Å². The summed E-state index contributed by atoms with van der Waals surface area (Å²) in [6.45, 7) is 1.53. The van der Waals surface area contributed by atoms with E-state index >= 15 is 0 Å². The van der Waals surface area contributed by atoms with Crippen molar-refractivity contribution >= 4 is 5.97 Å². The number of carboxylic acid groups (broad SMARTS) is 1. The average Bonchev–Trinajstić information content (AvgIpc) is 2.87. The van der Waals surface area contributed by atoms with Crippen LogP contribution < -0.4 is 4.74 Å². The maximum Gasteiger partial charge on any atom is 0.358 e. The Morgan fingerprint density at radius 3 is 2.67 bits per heavy atom. The van der Waals surface area contributed by atoms with Crippen LogP contribution in [-0.2, 0) is 13.2 Å². The zero-order chi connectivity index (χ0) is 15.2. The molecule has 0 radical (unpaired) electrons. The third-order valence-corrected chi connectivity index (χ3v) is 3.00. The van der Waals surface area contributed by atoms with E-state index in [0.717, 1.165) is 5.56 Å². The second-order valence-corrected chi connectivity index (χ2v) is 4.96. The molecule has 0 saturated carbocycles. The van der Waals surface area contributed by atoms with Crippen molar-refractivity contribution in [3.8, 4) is 5.75 Å². The van der Waals surface area contributed by atoms with E-state index in [2.05, 4.69) is 5.10 Å². The van der Waals surface area contributed by atoms with Crippen LogP contribution in [0.25, 0.3) is 0 Å². The second kappa shape index (κ2) is 6.90. The van der Waals surface area contributed by atoms with E-state index in [4.69, 9.17) is 4.74 Å². The molecule has 2 rings (SSSR count). The number of carbonyl (C=O) groups is 1. The Bertz CT molecular complexity index is 593. The van der Waals surface area contributed by atoms with E-state index in [1.807, 2.05) is 49.3 Å². The highest BCUT2D eigenvalue weighted by Crippen LogP contribution is 2.19. The van der Waals surface area contributed by atoms with Crippen LogP contribution in [0.1, 0.15) is 16.1 Å². The lowest BCUT2D eigenvalue weighted by molar-refractivity contribution is 0.0677. The lowest BCUT2D eigenvalue weighted by Crippen LogP contribution is -2.21. The summed E-state index contributed by atoms with van der Waals surface area (Å²) in [5.74, 6) is -0.737. The molecule has 0 aliphatic rings. The Morgan fingerprint density at radius 2 is 2.05 bits per heavy atom. The molecule has 112 valence electrons. The first-order valence-corrected chi connectivity index (χ1v) is 6.68. The molecule has 1 aromatic carbocycles. The minimum Gasteiger partial charge on any atom is -0.485 e. The van der Waals surface area contributed by atoms with E-state index in [0.29, 0.717) is 25.4 Å². The number of hydrogen-bond donors (Lipinski definition) is 1. The number of carboxylic acids is 1. The van der Waals surface area contributed by atoms with Gasteiger partial charge in [-0.25, -0.2) is 4.79 Å². The lowest BCUT2D eigenvalue weighted by atomic mass is 10.2. The van der Waals surface area contributed by atoms with Crippen LogP contribution in [0.5, 0.6) is 5.75 Å². The van der Waals surface area contributed by atoms with Crippen LogP contribution in [0.15, 0.2) is 36.5 Å². The maximum absolute atomic E-state index is 11.4. The van der Waals surface area contributed by atoms with E-state index in [-0.39, 0.29) is 5.69 Å². The molecule has 6 nitrogen and oxygen atoms in total. The minimum atomic E-state index is -1.03. The Balaban J connectivity index is 2.10. The summed E-state index contributed by atoms with van der Waals surface area (Å²) in [5, 5.41) is 13.4. The molecule has 21 heavy (non-hydrogen) atoms. The highest BCUT2D eigenvalue weighted by molar-refractivity contribution is 5.88. The number of aromatic carboxylic acids is 1. The Kier molecular flexibility index (Phi) is 4.94. The molecule has 6 heteroatoms. The van der Waals surface area contributed by atoms with Crippen molar-refractivity contribution in [2.75, 3.05) is 20.6 Å². The molecule has 0 unspecified atom stereocenters. The fourth-order valence-corrected chi connectivity index (χ4v) is 1.89. The largest absolute Gasteiger partial charge is 0.485 e. The minimum absolute atomic E-state index is 0.0905. The Morgan fingerprint density at radius 1 is 1.33 bits per heavy atom. The summed E-state index contributed by atoms with van der Waals surface area (Å²) >= 11 is 0. The number of rotatable bonds is 7. The van der Waals surface area contributed by atoms with Crippen molar-refractivity contribution in [2.45, 2.75) is 13.2 Å². The summed E-state index contributed by atoms with van der Waals surface area (Å²) < 4.78 is 7.06. The number of nitrogens with zero attached hydrogens (tertiary/aromatic N) is 3. The zero-order valence-corrected chi connectivity index (χ0v) is 12.2. The van der Waals surface area contributed by atoms with Crippen molar-refractivity contribution in [1.82, 2.24) is 14.7 Å². The first-order valence-electron chi connectivity index (χ1n) is 6.68. The molecule has 1 N–H and O–H groups in total. The first kappa shape index (κ1) is 15.1. The number of aromatic nitrogens is 2. The second-order valence-electron chi connectivity index (χ2n) is 4.96. The molecule has 0 atom stereocenters. The van der Waals surface area contributed by atoms with Gasteiger partial charge >= 0.3 is 5.97 Å². The van der Waals surface area contributed by atoms with Gasteiger partial charge in [-0.3, -0.25) is 4.68 Å². The molecule has 1 heterocycles. The number of hydrogen-bond acceptors (Lipinski definition) is 4. The SMILES string of the molecule is CN(C)CCn1ncc(OCc2ccccc2)c1C(=O)O. The van der Waals surface area contributed by atoms with Crippen molar-refractivity contribution < 1.29 is 14.6 Å². The average molecular weight is 289 g/mol. The van der Waals surface area contributed by atoms with E-state index in [1.54, 1.807) is 0 Å². The molecule has 0 spiro atoms. The van der Waals surface area contributed by atoms with Gasteiger partial charge < -0.3 is 14.7 Å². The molecule has 0 saturated heterocycles. The summed E-state index contributed by atoms with van der Waals surface area (Å²) in [4.78, 5) is 13.4. The topological polar surface area (TPSA) is 67.6 Å². The normalized spacial score (nSPS) is 10.8. The highest BCUT2D eigenvalue weighted by atomic mass is 16.5. The van der Waals surface area contributed by atoms with Crippen LogP contribution >= 0.6 is 0 Å². The third kappa shape index (κ3) is 4.06. The quantitative estimate of drug-likeness (QED) is 0.840. The zero-order valence-electron chi connectivity index (χ0n) is 12.2. The van der Waals surface area contributed by atoms with Crippen molar-refractivity contribution in [3.63, 3.8) is 0 Å². The van der Waals surface area contributed by atoms with Crippen LogP contribution in [0, 0.1) is 0 Å². The van der Waals surface area contributed by atoms with Crippen LogP contribution in [0.2, 0.25) is 0 Å². The molecular formula is C15H19N3O3. The third-order valence-electron chi connectivity index (χ3n) is 3.00. The number of ether oxygens (including phenoxy) is 1. The van der Waals surface area contributed by atoms with Crippen molar-refractivity contribution in [1.29, 1.82) is 0 Å². The first-order chi connectivity index (χ1) is 10.1. The molecule has 2 aromatic rings. The molecule has 0 fully saturated rings. The molecule has 1 aromatic heterocycles. The van der Waals surface area contributed by atoms with Gasteiger partial charge in [0, 0.05) is 6.54 Å². The Hall–Kier alpha value is -2.34. The number of likely N-dealkylation sites (N-methyl/N-ethyl adjacent to an activating group) is 1. The Labute approximate surface area is 123 Å². The van der Waals surface area contributed by atoms with Crippen LogP contribution in [0.3, 0.4) is 0 Å². The highest BCUT2D eigenvalue weighted by Gasteiger charge is 2.19. The van der Waals surface area contributed by atoms with E-state index in [1.165, 1.54) is 10.9 Å². The molecule has 0 amide bonds. The van der Waals surface area contributed by atoms with Crippen molar-refractivity contribution in [2.24, 2.45) is 0 Å². The van der Waals surface area contributed by atoms with Crippen LogP contribution in [-0.4, -0.2) is 46.4 Å². The molecule has 0 aliphatic heterocycles. The van der Waals surface area contributed by atoms with Gasteiger partial charge in [-0.05, 0) is 19.7 Å². The molecule has 0 bridgehead atoms. The molecule has 0 aliphatic carbocycles. The summed E-state index contributed by atoms with van der Waals surface area (Å²) in [7, 11) is 3.85. The van der Waals surface area contributed by atoms with Crippen LogP contribution in [0.4, 0.5) is 0 Å². The van der Waals surface area contributed by atoms with Gasteiger partial charge in [0.1, 0.15) is 6.61 Å². The summed E-state index contributed by atoms with van der Waals surface area (Å²) in [5.41, 5.74) is 1.07. The van der Waals surface area contributed by atoms with Gasteiger partial charge in [-0.2, -0.15) is 5.10 Å². The smallest absolute Gasteiger partial charge is 0.358 e. The van der Waals surface area contributed by atoms with Gasteiger partial charge in [-0.15, -0.1) is 0 Å². The lowest BCUT2D eigenvalue weighted by Gasteiger charge is -2.11. The summed E-state index contributed by atoms with van der Waals surface area (Å²) in [6, 6.07) is 9.61.